The number of nitrogens with one attached hydrogen (secondary N) is 1. The van der Waals surface area contributed by atoms with Crippen molar-refractivity contribution < 1.29 is 9.52 Å². The molecule has 0 amide bonds. The molecule has 0 aliphatic carbocycles. The number of anilines is 1. The van der Waals surface area contributed by atoms with E-state index in [1.165, 1.54) is 0 Å². The third-order valence-corrected chi connectivity index (χ3v) is 4.51. The predicted molar refractivity (Wildman–Crippen MR) is 99.7 cm³/mol. The van der Waals surface area contributed by atoms with Crippen LogP contribution < -0.4 is 5.32 Å². The van der Waals surface area contributed by atoms with Crippen molar-refractivity contribution >= 4 is 17.0 Å². The molecule has 2 aromatic heterocycles. The van der Waals surface area contributed by atoms with Crippen molar-refractivity contribution in [2.75, 3.05) is 31.5 Å². The van der Waals surface area contributed by atoms with Gasteiger partial charge in [0.15, 0.2) is 0 Å². The van der Waals surface area contributed by atoms with Crippen LogP contribution in [0.1, 0.15) is 25.7 Å². The van der Waals surface area contributed by atoms with Crippen LogP contribution in [-0.4, -0.2) is 45.7 Å². The first-order chi connectivity index (χ1) is 12.2. The molecule has 1 unspecified atom stereocenters. The maximum Gasteiger partial charge on any atom is 0.204 e. The summed E-state index contributed by atoms with van der Waals surface area (Å²) in [5.41, 5.74) is 2.06. The Morgan fingerprint density at radius 2 is 2.00 bits per heavy atom. The van der Waals surface area contributed by atoms with Gasteiger partial charge in [0.1, 0.15) is 11.9 Å². The minimum absolute atomic E-state index is 0.349. The summed E-state index contributed by atoms with van der Waals surface area (Å²) in [6.07, 6.45) is 0.865. The molecule has 3 rings (SSSR count). The molecule has 0 radical (unpaired) electrons. The van der Waals surface area contributed by atoms with Crippen LogP contribution in [0.4, 0.5) is 5.95 Å². The smallest absolute Gasteiger partial charge is 0.204 e. The molecule has 0 spiro atoms. The Hall–Kier alpha value is -2.31. The standard InChI is InChI=1S/C19H26N4O2/c1-3-22(4-2)11-12-23-16-9-6-5-8-15(16)21-19(23)20-14-17(24)18-10-7-13-25-18/h5-10,13,17,24H,3-4,11-12,14H2,1-2H3,(H,20,21). The lowest BCUT2D eigenvalue weighted by atomic mass is 10.3. The SMILES string of the molecule is CCN(CC)CCn1c(NCC(O)c2ccco2)nc2ccccc21. The number of rotatable bonds is 9. The van der Waals surface area contributed by atoms with Gasteiger partial charge in [-0.1, -0.05) is 26.0 Å². The first kappa shape index (κ1) is 17.5. The number of fused-ring (bicyclic) bond motifs is 1. The molecule has 2 N–H and O–H groups in total. The lowest BCUT2D eigenvalue weighted by Crippen LogP contribution is -2.27. The molecule has 0 bridgehead atoms. The van der Waals surface area contributed by atoms with Crippen LogP contribution in [0.15, 0.2) is 47.1 Å². The number of likely N-dealkylation sites (N-methyl/N-ethyl adjacent to an activating group) is 1. The summed E-state index contributed by atoms with van der Waals surface area (Å²) in [5, 5.41) is 13.5. The molecule has 0 saturated carbocycles. The summed E-state index contributed by atoms with van der Waals surface area (Å²) in [6, 6.07) is 11.7. The minimum Gasteiger partial charge on any atom is -0.467 e. The summed E-state index contributed by atoms with van der Waals surface area (Å²) in [4.78, 5) is 7.07. The number of hydrogen-bond acceptors (Lipinski definition) is 5. The van der Waals surface area contributed by atoms with E-state index in [1.807, 2.05) is 18.2 Å². The quantitative estimate of drug-likeness (QED) is 0.625. The Labute approximate surface area is 148 Å². The topological polar surface area (TPSA) is 66.5 Å². The van der Waals surface area contributed by atoms with E-state index in [1.54, 1.807) is 18.4 Å². The van der Waals surface area contributed by atoms with Gasteiger partial charge in [0.05, 0.1) is 23.8 Å². The third-order valence-electron chi connectivity index (χ3n) is 4.51. The van der Waals surface area contributed by atoms with E-state index in [9.17, 15) is 5.11 Å². The van der Waals surface area contributed by atoms with Crippen molar-refractivity contribution in [3.8, 4) is 0 Å². The van der Waals surface area contributed by atoms with Gasteiger partial charge in [0.25, 0.3) is 0 Å². The Morgan fingerprint density at radius 1 is 1.20 bits per heavy atom. The van der Waals surface area contributed by atoms with Crippen LogP contribution in [0.25, 0.3) is 11.0 Å². The van der Waals surface area contributed by atoms with E-state index < -0.39 is 6.10 Å². The number of aliphatic hydroxyl groups excluding tert-OH is 1. The molecule has 134 valence electrons. The normalized spacial score (nSPS) is 12.8. The van der Waals surface area contributed by atoms with Gasteiger partial charge in [-0.2, -0.15) is 0 Å². The summed E-state index contributed by atoms with van der Waals surface area (Å²) in [7, 11) is 0. The van der Waals surface area contributed by atoms with Gasteiger partial charge in [0, 0.05) is 13.1 Å². The van der Waals surface area contributed by atoms with Gasteiger partial charge in [-0.25, -0.2) is 4.98 Å². The van der Waals surface area contributed by atoms with Crippen LogP contribution >= 0.6 is 0 Å². The fourth-order valence-corrected chi connectivity index (χ4v) is 2.99. The molecule has 0 fully saturated rings. The Kier molecular flexibility index (Phi) is 5.73. The van der Waals surface area contributed by atoms with Crippen LogP contribution in [0.2, 0.25) is 0 Å². The van der Waals surface area contributed by atoms with Crippen molar-refractivity contribution in [1.82, 2.24) is 14.5 Å². The zero-order chi connectivity index (χ0) is 17.6. The Balaban J connectivity index is 1.77. The van der Waals surface area contributed by atoms with Crippen molar-refractivity contribution in [3.63, 3.8) is 0 Å². The fourth-order valence-electron chi connectivity index (χ4n) is 2.99. The highest BCUT2D eigenvalue weighted by molar-refractivity contribution is 5.78. The second kappa shape index (κ2) is 8.18. The molecular formula is C19H26N4O2. The summed E-state index contributed by atoms with van der Waals surface area (Å²) >= 11 is 0. The monoisotopic (exact) mass is 342 g/mol. The van der Waals surface area contributed by atoms with Crippen LogP contribution in [0.3, 0.4) is 0 Å². The van der Waals surface area contributed by atoms with Gasteiger partial charge in [-0.3, -0.25) is 0 Å². The van der Waals surface area contributed by atoms with Crippen molar-refractivity contribution in [3.05, 3.63) is 48.4 Å². The van der Waals surface area contributed by atoms with Gasteiger partial charge >= 0.3 is 0 Å². The molecule has 25 heavy (non-hydrogen) atoms. The number of hydrogen-bond donors (Lipinski definition) is 2. The van der Waals surface area contributed by atoms with Crippen molar-refractivity contribution in [1.29, 1.82) is 0 Å². The van der Waals surface area contributed by atoms with E-state index in [-0.39, 0.29) is 0 Å². The highest BCUT2D eigenvalue weighted by Crippen LogP contribution is 2.21. The zero-order valence-corrected chi connectivity index (χ0v) is 14.9. The fraction of sp³-hybridized carbons (Fsp3) is 0.421. The van der Waals surface area contributed by atoms with E-state index in [0.717, 1.165) is 43.2 Å². The zero-order valence-electron chi connectivity index (χ0n) is 14.9. The number of benzene rings is 1. The average molecular weight is 342 g/mol. The van der Waals surface area contributed by atoms with E-state index in [2.05, 4.69) is 39.7 Å². The first-order valence-corrected chi connectivity index (χ1v) is 8.85. The Morgan fingerprint density at radius 3 is 2.72 bits per heavy atom. The van der Waals surface area contributed by atoms with Crippen molar-refractivity contribution in [2.24, 2.45) is 0 Å². The van der Waals surface area contributed by atoms with Crippen LogP contribution in [-0.2, 0) is 6.54 Å². The maximum absolute atomic E-state index is 10.2. The number of aromatic nitrogens is 2. The first-order valence-electron chi connectivity index (χ1n) is 8.85. The molecular weight excluding hydrogens is 316 g/mol. The molecule has 6 heteroatoms. The summed E-state index contributed by atoms with van der Waals surface area (Å²) in [5.74, 6) is 1.33. The van der Waals surface area contributed by atoms with Gasteiger partial charge < -0.3 is 24.3 Å². The van der Waals surface area contributed by atoms with Crippen LogP contribution in [0, 0.1) is 0 Å². The molecule has 3 aromatic rings. The van der Waals surface area contributed by atoms with Crippen molar-refractivity contribution in [2.45, 2.75) is 26.5 Å². The molecule has 0 aliphatic rings. The molecule has 6 nitrogen and oxygen atoms in total. The molecule has 0 saturated heterocycles. The number of furan rings is 1. The number of para-hydroxylation sites is 2. The summed E-state index contributed by atoms with van der Waals surface area (Å²) < 4.78 is 7.44. The highest BCUT2D eigenvalue weighted by Gasteiger charge is 2.14. The third kappa shape index (κ3) is 4.03. The van der Waals surface area contributed by atoms with Crippen LogP contribution in [0.5, 0.6) is 0 Å². The number of aliphatic hydroxyl groups is 1. The summed E-state index contributed by atoms with van der Waals surface area (Å²) in [6.45, 7) is 8.57. The maximum atomic E-state index is 10.2. The van der Waals surface area contributed by atoms with Gasteiger partial charge in [-0.15, -0.1) is 0 Å². The largest absolute Gasteiger partial charge is 0.467 e. The number of imidazole rings is 1. The average Bonchev–Trinajstić information content (AvgIpc) is 3.29. The lowest BCUT2D eigenvalue weighted by molar-refractivity contribution is 0.162. The van der Waals surface area contributed by atoms with E-state index in [0.29, 0.717) is 12.3 Å². The highest BCUT2D eigenvalue weighted by atomic mass is 16.4. The lowest BCUT2D eigenvalue weighted by Gasteiger charge is -2.19. The molecule has 0 aliphatic heterocycles. The second-order valence-electron chi connectivity index (χ2n) is 6.01. The second-order valence-corrected chi connectivity index (χ2v) is 6.01. The van der Waals surface area contributed by atoms with E-state index >= 15 is 0 Å². The molecule has 1 atom stereocenters. The molecule has 2 heterocycles. The Bertz CT molecular complexity index is 778. The number of nitrogens with zero attached hydrogens (tertiary/aromatic N) is 3. The van der Waals surface area contributed by atoms with E-state index in [4.69, 9.17) is 4.42 Å². The predicted octanol–water partition coefficient (Wildman–Crippen LogP) is 3.12. The minimum atomic E-state index is -0.703. The van der Waals surface area contributed by atoms with Gasteiger partial charge in [0.2, 0.25) is 5.95 Å². The van der Waals surface area contributed by atoms with Gasteiger partial charge in [-0.05, 0) is 37.4 Å². The molecule has 1 aromatic carbocycles.